The maximum absolute atomic E-state index is 12.2. The Labute approximate surface area is 160 Å². The number of sulfone groups is 1. The van der Waals surface area contributed by atoms with Gasteiger partial charge in [-0.3, -0.25) is 0 Å². The molecular formula is C16H17ClN2O7S. The van der Waals surface area contributed by atoms with Crippen LogP contribution in [0.3, 0.4) is 0 Å². The van der Waals surface area contributed by atoms with Crippen molar-refractivity contribution in [2.75, 3.05) is 26.0 Å². The molecule has 0 spiro atoms. The number of halogens is 1. The molecule has 27 heavy (non-hydrogen) atoms. The summed E-state index contributed by atoms with van der Waals surface area (Å²) < 4.78 is 33.4. The third kappa shape index (κ3) is 5.20. The van der Waals surface area contributed by atoms with Crippen molar-refractivity contribution >= 4 is 39.4 Å². The number of ether oxygens (including phenoxy) is 2. The second-order valence-corrected chi connectivity index (χ2v) is 7.87. The summed E-state index contributed by atoms with van der Waals surface area (Å²) in [4.78, 5) is 35.4. The van der Waals surface area contributed by atoms with E-state index in [-0.39, 0.29) is 39.9 Å². The van der Waals surface area contributed by atoms with Crippen LogP contribution in [-0.2, 0) is 24.1 Å². The van der Waals surface area contributed by atoms with Gasteiger partial charge in [-0.25, -0.2) is 22.8 Å². The van der Waals surface area contributed by atoms with Gasteiger partial charge in [0, 0.05) is 6.26 Å². The van der Waals surface area contributed by atoms with Crippen molar-refractivity contribution in [3.63, 3.8) is 0 Å². The predicted octanol–water partition coefficient (Wildman–Crippen LogP) is 1.03. The lowest BCUT2D eigenvalue weighted by molar-refractivity contribution is -0.138. The molecule has 2 amide bonds. The molecule has 0 bridgehead atoms. The van der Waals surface area contributed by atoms with Crippen LogP contribution in [0.4, 0.5) is 4.79 Å². The molecule has 146 valence electrons. The number of rotatable bonds is 6. The second-order valence-electron chi connectivity index (χ2n) is 5.48. The van der Waals surface area contributed by atoms with Crippen LogP contribution in [-0.4, -0.2) is 52.4 Å². The molecule has 9 nitrogen and oxygen atoms in total. The summed E-state index contributed by atoms with van der Waals surface area (Å²) in [6, 6.07) is 3.12. The molecule has 0 fully saturated rings. The molecule has 1 aromatic carbocycles. The van der Waals surface area contributed by atoms with Crippen LogP contribution < -0.4 is 10.6 Å². The van der Waals surface area contributed by atoms with E-state index in [1.807, 2.05) is 0 Å². The van der Waals surface area contributed by atoms with Gasteiger partial charge in [0.1, 0.15) is 6.61 Å². The summed E-state index contributed by atoms with van der Waals surface area (Å²) in [5.74, 6) is -1.50. The number of urea groups is 1. The fourth-order valence-electron chi connectivity index (χ4n) is 2.20. The van der Waals surface area contributed by atoms with Crippen LogP contribution in [0, 0.1) is 0 Å². The van der Waals surface area contributed by atoms with Gasteiger partial charge in [-0.05, 0) is 25.1 Å². The molecule has 2 N–H and O–H groups in total. The van der Waals surface area contributed by atoms with Gasteiger partial charge >= 0.3 is 18.0 Å². The van der Waals surface area contributed by atoms with Crippen LogP contribution in [0.1, 0.15) is 17.3 Å². The highest BCUT2D eigenvalue weighted by Crippen LogP contribution is 2.23. The van der Waals surface area contributed by atoms with Crippen LogP contribution in [0.25, 0.3) is 0 Å². The Morgan fingerprint density at radius 3 is 2.56 bits per heavy atom. The highest BCUT2D eigenvalue weighted by Gasteiger charge is 2.25. The van der Waals surface area contributed by atoms with Crippen molar-refractivity contribution in [1.82, 2.24) is 10.6 Å². The molecule has 1 heterocycles. The lowest BCUT2D eigenvalue weighted by Crippen LogP contribution is -2.45. The third-order valence-electron chi connectivity index (χ3n) is 3.49. The largest absolute Gasteiger partial charge is 0.463 e. The number of carbonyl (C=O) groups is 3. The monoisotopic (exact) mass is 416 g/mol. The SMILES string of the molecule is CCOC(=O)C1=C(COC(=O)c2ccc(Cl)c(S(C)(=O)=O)c2)NC(=O)NC1. The Bertz CT molecular complexity index is 925. The first kappa shape index (κ1) is 20.7. The Kier molecular flexibility index (Phi) is 6.45. The number of hydrogen-bond donors (Lipinski definition) is 2. The zero-order chi connectivity index (χ0) is 20.2. The second kappa shape index (κ2) is 8.40. The van der Waals surface area contributed by atoms with Gasteiger partial charge in [-0.15, -0.1) is 0 Å². The van der Waals surface area contributed by atoms with Gasteiger partial charge in [0.05, 0.1) is 39.9 Å². The molecule has 0 unspecified atom stereocenters. The van der Waals surface area contributed by atoms with Gasteiger partial charge in [-0.1, -0.05) is 11.6 Å². The summed E-state index contributed by atoms with van der Waals surface area (Å²) in [5, 5.41) is 4.79. The fourth-order valence-corrected chi connectivity index (χ4v) is 3.51. The average molecular weight is 417 g/mol. The smallest absolute Gasteiger partial charge is 0.338 e. The Balaban J connectivity index is 2.20. The van der Waals surface area contributed by atoms with E-state index in [0.29, 0.717) is 0 Å². The first-order chi connectivity index (χ1) is 12.6. The molecule has 1 aromatic rings. The number of carbonyl (C=O) groups excluding carboxylic acids is 3. The van der Waals surface area contributed by atoms with Crippen LogP contribution in [0.15, 0.2) is 34.4 Å². The number of nitrogens with one attached hydrogen (secondary N) is 2. The number of esters is 2. The highest BCUT2D eigenvalue weighted by atomic mass is 35.5. The van der Waals surface area contributed by atoms with Crippen molar-refractivity contribution < 1.29 is 32.3 Å². The maximum atomic E-state index is 12.2. The molecule has 0 atom stereocenters. The Hall–Kier alpha value is -2.59. The minimum absolute atomic E-state index is 0.0213. The average Bonchev–Trinajstić information content (AvgIpc) is 2.59. The minimum Gasteiger partial charge on any atom is -0.463 e. The van der Waals surface area contributed by atoms with Crippen LogP contribution in [0.2, 0.25) is 5.02 Å². The standard InChI is InChI=1S/C16H17ClN2O7S/c1-3-25-15(21)10-7-18-16(22)19-12(10)8-26-14(20)9-4-5-11(17)13(6-9)27(2,23)24/h4-6H,3,7-8H2,1-2H3,(H2,18,19,22). The lowest BCUT2D eigenvalue weighted by atomic mass is 10.1. The van der Waals surface area contributed by atoms with Crippen LogP contribution >= 0.6 is 11.6 Å². The molecule has 1 aliphatic rings. The van der Waals surface area contributed by atoms with E-state index in [2.05, 4.69) is 10.6 Å². The first-order valence-electron chi connectivity index (χ1n) is 7.74. The molecule has 1 aliphatic heterocycles. The summed E-state index contributed by atoms with van der Waals surface area (Å²) in [6.07, 6.45) is 0.963. The van der Waals surface area contributed by atoms with Crippen molar-refractivity contribution in [3.05, 3.63) is 40.1 Å². The molecular weight excluding hydrogens is 400 g/mol. The molecule has 0 radical (unpaired) electrons. The summed E-state index contributed by atoms with van der Waals surface area (Å²) in [6.45, 7) is 1.29. The van der Waals surface area contributed by atoms with Crippen molar-refractivity contribution in [3.8, 4) is 0 Å². The highest BCUT2D eigenvalue weighted by molar-refractivity contribution is 7.90. The Morgan fingerprint density at radius 1 is 1.22 bits per heavy atom. The van der Waals surface area contributed by atoms with Gasteiger partial charge in [-0.2, -0.15) is 0 Å². The third-order valence-corrected chi connectivity index (χ3v) is 5.07. The van der Waals surface area contributed by atoms with E-state index in [9.17, 15) is 22.8 Å². The molecule has 0 saturated heterocycles. The number of amides is 2. The quantitative estimate of drug-likeness (QED) is 0.663. The van der Waals surface area contributed by atoms with Gasteiger partial charge in [0.25, 0.3) is 0 Å². The number of benzene rings is 1. The molecule has 2 rings (SSSR count). The summed E-state index contributed by atoms with van der Waals surface area (Å²) >= 11 is 5.84. The topological polar surface area (TPSA) is 128 Å². The van der Waals surface area contributed by atoms with E-state index in [4.69, 9.17) is 21.1 Å². The molecule has 11 heteroatoms. The molecule has 0 saturated carbocycles. The van der Waals surface area contributed by atoms with E-state index >= 15 is 0 Å². The maximum Gasteiger partial charge on any atom is 0.338 e. The van der Waals surface area contributed by atoms with Crippen LogP contribution in [0.5, 0.6) is 0 Å². The van der Waals surface area contributed by atoms with Crippen molar-refractivity contribution in [2.45, 2.75) is 11.8 Å². The minimum atomic E-state index is -3.63. The van der Waals surface area contributed by atoms with Crippen molar-refractivity contribution in [2.24, 2.45) is 0 Å². The lowest BCUT2D eigenvalue weighted by Gasteiger charge is -2.21. The first-order valence-corrected chi connectivity index (χ1v) is 10.0. The van der Waals surface area contributed by atoms with E-state index in [0.717, 1.165) is 12.3 Å². The normalized spacial score (nSPS) is 14.3. The van der Waals surface area contributed by atoms with Crippen molar-refractivity contribution in [1.29, 1.82) is 0 Å². The predicted molar refractivity (Wildman–Crippen MR) is 95.0 cm³/mol. The summed E-state index contributed by atoms with van der Waals surface area (Å²) in [7, 11) is -3.63. The molecule has 0 aromatic heterocycles. The van der Waals surface area contributed by atoms with E-state index in [1.54, 1.807) is 6.92 Å². The fraction of sp³-hybridized carbons (Fsp3) is 0.312. The van der Waals surface area contributed by atoms with Gasteiger partial charge in [0.2, 0.25) is 0 Å². The Morgan fingerprint density at radius 2 is 1.93 bits per heavy atom. The van der Waals surface area contributed by atoms with E-state index in [1.165, 1.54) is 12.1 Å². The number of hydrogen-bond acceptors (Lipinski definition) is 7. The van der Waals surface area contributed by atoms with Gasteiger partial charge in [0.15, 0.2) is 9.84 Å². The van der Waals surface area contributed by atoms with E-state index < -0.39 is 34.4 Å². The summed E-state index contributed by atoms with van der Waals surface area (Å²) in [5.41, 5.74) is 0.165. The molecule has 0 aliphatic carbocycles. The van der Waals surface area contributed by atoms with Gasteiger partial charge < -0.3 is 20.1 Å². The zero-order valence-corrected chi connectivity index (χ0v) is 16.1. The zero-order valence-electron chi connectivity index (χ0n) is 14.5.